The zero-order valence-corrected chi connectivity index (χ0v) is 12.2. The second-order valence-electron chi connectivity index (χ2n) is 4.79. The van der Waals surface area contributed by atoms with Crippen LogP contribution in [0.4, 0.5) is 5.69 Å². The second kappa shape index (κ2) is 7.55. The number of aliphatic hydroxyl groups excluding tert-OH is 1. The monoisotopic (exact) mass is 287 g/mol. The van der Waals surface area contributed by atoms with Gasteiger partial charge in [-0.05, 0) is 36.2 Å². The van der Waals surface area contributed by atoms with Crippen molar-refractivity contribution in [2.24, 2.45) is 0 Å². The molecular formula is C17H21NO3. The molecule has 3 N–H and O–H groups in total. The molecule has 0 aliphatic heterocycles. The molecule has 0 saturated carbocycles. The molecule has 0 heterocycles. The molecule has 4 nitrogen and oxygen atoms in total. The average molecular weight is 287 g/mol. The maximum atomic E-state index is 10.2. The highest BCUT2D eigenvalue weighted by atomic mass is 16.5. The third kappa shape index (κ3) is 4.39. The van der Waals surface area contributed by atoms with Crippen LogP contribution in [0.1, 0.15) is 25.0 Å². The van der Waals surface area contributed by atoms with Gasteiger partial charge in [-0.1, -0.05) is 31.2 Å². The third-order valence-corrected chi connectivity index (χ3v) is 3.00. The van der Waals surface area contributed by atoms with Crippen molar-refractivity contribution in [2.45, 2.75) is 19.4 Å². The summed E-state index contributed by atoms with van der Waals surface area (Å²) in [6, 6.07) is 14.6. The van der Waals surface area contributed by atoms with Gasteiger partial charge in [0, 0.05) is 5.69 Å². The van der Waals surface area contributed by atoms with E-state index in [2.05, 4.69) is 0 Å². The number of anilines is 1. The molecule has 1 unspecified atom stereocenters. The SMILES string of the molecule is CCCOc1ccccc1OCC(O)c1cccc(N)c1. The molecule has 0 saturated heterocycles. The van der Waals surface area contributed by atoms with Crippen molar-refractivity contribution >= 4 is 5.69 Å². The number of nitrogen functional groups attached to an aromatic ring is 1. The van der Waals surface area contributed by atoms with Crippen LogP contribution >= 0.6 is 0 Å². The van der Waals surface area contributed by atoms with Gasteiger partial charge in [-0.2, -0.15) is 0 Å². The molecule has 0 fully saturated rings. The molecular weight excluding hydrogens is 266 g/mol. The molecule has 0 bridgehead atoms. The van der Waals surface area contributed by atoms with Crippen molar-refractivity contribution in [3.05, 3.63) is 54.1 Å². The Hall–Kier alpha value is -2.20. The van der Waals surface area contributed by atoms with Gasteiger partial charge in [0.15, 0.2) is 11.5 Å². The van der Waals surface area contributed by atoms with Crippen LogP contribution in [0.5, 0.6) is 11.5 Å². The van der Waals surface area contributed by atoms with Gasteiger partial charge in [0.1, 0.15) is 12.7 Å². The Morgan fingerprint density at radius 1 is 1.05 bits per heavy atom. The minimum Gasteiger partial charge on any atom is -0.490 e. The number of para-hydroxylation sites is 2. The van der Waals surface area contributed by atoms with Crippen LogP contribution in [-0.2, 0) is 0 Å². The molecule has 0 aliphatic carbocycles. The quantitative estimate of drug-likeness (QED) is 0.768. The Morgan fingerprint density at radius 2 is 1.76 bits per heavy atom. The first kappa shape index (κ1) is 15.2. The number of benzene rings is 2. The first-order valence-corrected chi connectivity index (χ1v) is 7.09. The predicted octanol–water partition coefficient (Wildman–Crippen LogP) is 3.17. The van der Waals surface area contributed by atoms with Crippen molar-refractivity contribution < 1.29 is 14.6 Å². The van der Waals surface area contributed by atoms with Gasteiger partial charge in [-0.3, -0.25) is 0 Å². The van der Waals surface area contributed by atoms with E-state index < -0.39 is 6.10 Å². The summed E-state index contributed by atoms with van der Waals surface area (Å²) in [5, 5.41) is 10.2. The number of hydrogen-bond acceptors (Lipinski definition) is 4. The number of ether oxygens (including phenoxy) is 2. The summed E-state index contributed by atoms with van der Waals surface area (Å²) in [4.78, 5) is 0. The molecule has 4 heteroatoms. The van der Waals surface area contributed by atoms with Crippen LogP contribution in [-0.4, -0.2) is 18.3 Å². The number of aliphatic hydroxyl groups is 1. The summed E-state index contributed by atoms with van der Waals surface area (Å²) in [6.45, 7) is 2.83. The Morgan fingerprint density at radius 3 is 2.43 bits per heavy atom. The fourth-order valence-electron chi connectivity index (χ4n) is 1.93. The highest BCUT2D eigenvalue weighted by Gasteiger charge is 2.11. The predicted molar refractivity (Wildman–Crippen MR) is 83.5 cm³/mol. The van der Waals surface area contributed by atoms with Gasteiger partial charge in [-0.25, -0.2) is 0 Å². The molecule has 0 spiro atoms. The van der Waals surface area contributed by atoms with Gasteiger partial charge in [0.2, 0.25) is 0 Å². The minimum atomic E-state index is -0.729. The summed E-state index contributed by atoms with van der Waals surface area (Å²) < 4.78 is 11.3. The zero-order chi connectivity index (χ0) is 15.1. The van der Waals surface area contributed by atoms with E-state index in [1.165, 1.54) is 0 Å². The number of rotatable bonds is 7. The first-order valence-electron chi connectivity index (χ1n) is 7.09. The van der Waals surface area contributed by atoms with Crippen molar-refractivity contribution in [1.82, 2.24) is 0 Å². The summed E-state index contributed by atoms with van der Waals surface area (Å²) >= 11 is 0. The van der Waals surface area contributed by atoms with Gasteiger partial charge in [0.25, 0.3) is 0 Å². The van der Waals surface area contributed by atoms with E-state index in [1.54, 1.807) is 12.1 Å². The summed E-state index contributed by atoms with van der Waals surface area (Å²) in [5.41, 5.74) is 7.07. The third-order valence-electron chi connectivity index (χ3n) is 3.00. The normalized spacial score (nSPS) is 11.9. The van der Waals surface area contributed by atoms with E-state index in [9.17, 15) is 5.11 Å². The van der Waals surface area contributed by atoms with Crippen molar-refractivity contribution in [3.8, 4) is 11.5 Å². The summed E-state index contributed by atoms with van der Waals surface area (Å²) in [7, 11) is 0. The van der Waals surface area contributed by atoms with E-state index in [0.29, 0.717) is 23.8 Å². The van der Waals surface area contributed by atoms with Gasteiger partial charge >= 0.3 is 0 Å². The molecule has 0 amide bonds. The minimum absolute atomic E-state index is 0.149. The van der Waals surface area contributed by atoms with Crippen molar-refractivity contribution in [1.29, 1.82) is 0 Å². The Bertz CT molecular complexity index is 571. The fourth-order valence-corrected chi connectivity index (χ4v) is 1.93. The highest BCUT2D eigenvalue weighted by molar-refractivity contribution is 5.42. The van der Waals surface area contributed by atoms with E-state index in [4.69, 9.17) is 15.2 Å². The second-order valence-corrected chi connectivity index (χ2v) is 4.79. The molecule has 1 atom stereocenters. The maximum Gasteiger partial charge on any atom is 0.161 e. The standard InChI is InChI=1S/C17H21NO3/c1-2-10-20-16-8-3-4-9-17(16)21-12-15(19)13-6-5-7-14(18)11-13/h3-9,11,15,19H,2,10,12,18H2,1H3. The van der Waals surface area contributed by atoms with E-state index >= 15 is 0 Å². The maximum absolute atomic E-state index is 10.2. The smallest absolute Gasteiger partial charge is 0.161 e. The topological polar surface area (TPSA) is 64.7 Å². The summed E-state index contributed by atoms with van der Waals surface area (Å²) in [5.74, 6) is 1.33. The first-order chi connectivity index (χ1) is 10.2. The lowest BCUT2D eigenvalue weighted by Crippen LogP contribution is -2.10. The molecule has 0 aromatic heterocycles. The lowest BCUT2D eigenvalue weighted by Gasteiger charge is -2.15. The highest BCUT2D eigenvalue weighted by Crippen LogP contribution is 2.28. The van der Waals surface area contributed by atoms with Crippen LogP contribution in [0.15, 0.2) is 48.5 Å². The van der Waals surface area contributed by atoms with Crippen molar-refractivity contribution in [3.63, 3.8) is 0 Å². The lowest BCUT2D eigenvalue weighted by atomic mass is 10.1. The summed E-state index contributed by atoms with van der Waals surface area (Å²) in [6.07, 6.45) is 0.202. The number of nitrogens with two attached hydrogens (primary N) is 1. The molecule has 2 aromatic rings. The van der Waals surface area contributed by atoms with Crippen molar-refractivity contribution in [2.75, 3.05) is 18.9 Å². The van der Waals surface area contributed by atoms with Crippen LogP contribution < -0.4 is 15.2 Å². The Balaban J connectivity index is 1.99. The number of hydrogen-bond donors (Lipinski definition) is 2. The largest absolute Gasteiger partial charge is 0.490 e. The van der Waals surface area contributed by atoms with Gasteiger partial charge in [-0.15, -0.1) is 0 Å². The molecule has 21 heavy (non-hydrogen) atoms. The van der Waals surface area contributed by atoms with E-state index in [1.807, 2.05) is 43.3 Å². The lowest BCUT2D eigenvalue weighted by molar-refractivity contribution is 0.105. The van der Waals surface area contributed by atoms with Crippen LogP contribution in [0.2, 0.25) is 0 Å². The van der Waals surface area contributed by atoms with E-state index in [0.717, 1.165) is 12.0 Å². The van der Waals surface area contributed by atoms with Crippen LogP contribution in [0.3, 0.4) is 0 Å². The Labute approximate surface area is 125 Å². The molecule has 0 radical (unpaired) electrons. The fraction of sp³-hybridized carbons (Fsp3) is 0.294. The molecule has 2 rings (SSSR count). The zero-order valence-electron chi connectivity index (χ0n) is 12.2. The van der Waals surface area contributed by atoms with Gasteiger partial charge < -0.3 is 20.3 Å². The molecule has 0 aliphatic rings. The molecule has 2 aromatic carbocycles. The van der Waals surface area contributed by atoms with Gasteiger partial charge in [0.05, 0.1) is 6.61 Å². The molecule has 112 valence electrons. The average Bonchev–Trinajstić information content (AvgIpc) is 2.51. The van der Waals surface area contributed by atoms with Crippen LogP contribution in [0.25, 0.3) is 0 Å². The van der Waals surface area contributed by atoms with E-state index in [-0.39, 0.29) is 6.61 Å². The van der Waals surface area contributed by atoms with Crippen LogP contribution in [0, 0.1) is 0 Å². The Kier molecular flexibility index (Phi) is 5.46.